The molecule has 4 rings (SSSR count). The van der Waals surface area contributed by atoms with Gasteiger partial charge >= 0.3 is 5.97 Å². The van der Waals surface area contributed by atoms with Crippen LogP contribution >= 0.6 is 11.8 Å². The molecule has 156 valence electrons. The van der Waals surface area contributed by atoms with E-state index in [1.807, 2.05) is 36.4 Å². The van der Waals surface area contributed by atoms with Crippen LogP contribution in [-0.2, 0) is 0 Å². The van der Waals surface area contributed by atoms with E-state index in [1.165, 1.54) is 18.1 Å². The summed E-state index contributed by atoms with van der Waals surface area (Å²) in [4.78, 5) is 26.7. The van der Waals surface area contributed by atoms with E-state index in [-0.39, 0.29) is 11.5 Å². The lowest BCUT2D eigenvalue weighted by molar-refractivity contribution is 0.0697. The van der Waals surface area contributed by atoms with Gasteiger partial charge in [0, 0.05) is 21.2 Å². The molecule has 0 aliphatic rings. The first-order valence-corrected chi connectivity index (χ1v) is 10.5. The number of aromatic nitrogens is 3. The van der Waals surface area contributed by atoms with Crippen molar-refractivity contribution in [3.8, 4) is 0 Å². The zero-order valence-corrected chi connectivity index (χ0v) is 17.9. The van der Waals surface area contributed by atoms with Gasteiger partial charge in [0.25, 0.3) is 0 Å². The van der Waals surface area contributed by atoms with Gasteiger partial charge in [-0.1, -0.05) is 25.6 Å². The first kappa shape index (κ1) is 20.6. The van der Waals surface area contributed by atoms with Crippen molar-refractivity contribution in [2.45, 2.75) is 29.6 Å². The highest BCUT2D eigenvalue weighted by Gasteiger charge is 2.13. The van der Waals surface area contributed by atoms with Crippen LogP contribution < -0.4 is 11.1 Å². The summed E-state index contributed by atoms with van der Waals surface area (Å²) in [5, 5.41) is 13.5. The Labute approximate surface area is 183 Å². The summed E-state index contributed by atoms with van der Waals surface area (Å²) in [5.74, 6) is -0.150. The molecule has 0 amide bonds. The molecule has 0 spiro atoms. The van der Waals surface area contributed by atoms with Crippen LogP contribution in [0.25, 0.3) is 11.0 Å². The Kier molecular flexibility index (Phi) is 5.73. The van der Waals surface area contributed by atoms with E-state index in [4.69, 9.17) is 5.73 Å². The van der Waals surface area contributed by atoms with Gasteiger partial charge in [-0.05, 0) is 60.5 Å². The van der Waals surface area contributed by atoms with Crippen LogP contribution in [0.2, 0.25) is 0 Å². The van der Waals surface area contributed by atoms with E-state index in [0.717, 1.165) is 20.9 Å². The van der Waals surface area contributed by atoms with Crippen LogP contribution in [0.1, 0.15) is 35.8 Å². The molecule has 0 atom stereocenters. The van der Waals surface area contributed by atoms with Crippen molar-refractivity contribution in [3.05, 3.63) is 72.2 Å². The predicted molar refractivity (Wildman–Crippen MR) is 123 cm³/mol. The Hall–Kier alpha value is -3.65. The smallest absolute Gasteiger partial charge is 0.335 e. The zero-order valence-electron chi connectivity index (χ0n) is 17.0. The summed E-state index contributed by atoms with van der Waals surface area (Å²) in [7, 11) is 0. The Balaban J connectivity index is 1.75. The third kappa shape index (κ3) is 4.59. The number of hydrogen-bond donors (Lipinski definition) is 3. The molecule has 2 heterocycles. The lowest BCUT2D eigenvalue weighted by Crippen LogP contribution is -2.02. The highest BCUT2D eigenvalue weighted by Crippen LogP contribution is 2.36. The molecule has 0 fully saturated rings. The molecule has 0 radical (unpaired) electrons. The minimum absolute atomic E-state index is 0.183. The number of nitrogens with one attached hydrogen (secondary N) is 1. The van der Waals surface area contributed by atoms with Gasteiger partial charge in [0.2, 0.25) is 0 Å². The monoisotopic (exact) mass is 431 g/mol. The van der Waals surface area contributed by atoms with Crippen molar-refractivity contribution in [2.24, 2.45) is 0 Å². The maximum atomic E-state index is 11.5. The number of benzene rings is 2. The van der Waals surface area contributed by atoms with E-state index >= 15 is 0 Å². The van der Waals surface area contributed by atoms with Crippen LogP contribution in [0.3, 0.4) is 0 Å². The summed E-state index contributed by atoms with van der Waals surface area (Å²) in [6.07, 6.45) is 1.45. The second-order valence-corrected chi connectivity index (χ2v) is 8.41. The molecule has 0 aliphatic heterocycles. The fraction of sp³-hybridized carbons (Fsp3) is 0.130. The number of pyridine rings is 1. The molecule has 2 aromatic heterocycles. The van der Waals surface area contributed by atoms with Crippen molar-refractivity contribution in [1.29, 1.82) is 0 Å². The molecule has 0 bridgehead atoms. The van der Waals surface area contributed by atoms with Gasteiger partial charge in [0.05, 0.1) is 16.6 Å². The average molecular weight is 432 g/mol. The largest absolute Gasteiger partial charge is 0.478 e. The summed E-state index contributed by atoms with van der Waals surface area (Å²) in [6.45, 7) is 4.15. The fourth-order valence-electron chi connectivity index (χ4n) is 3.02. The number of carboxylic acids is 1. The van der Waals surface area contributed by atoms with E-state index in [2.05, 4.69) is 34.1 Å². The minimum Gasteiger partial charge on any atom is -0.478 e. The molecule has 0 saturated heterocycles. The van der Waals surface area contributed by atoms with Crippen LogP contribution in [0, 0.1) is 0 Å². The van der Waals surface area contributed by atoms with Gasteiger partial charge in [-0.2, -0.15) is 0 Å². The number of carbonyl (C=O) groups is 1. The second kappa shape index (κ2) is 8.61. The normalized spacial score (nSPS) is 11.1. The van der Waals surface area contributed by atoms with Gasteiger partial charge in [0.15, 0.2) is 5.65 Å². The third-order valence-corrected chi connectivity index (χ3v) is 5.78. The second-order valence-electron chi connectivity index (χ2n) is 7.30. The number of hydrogen-bond acceptors (Lipinski definition) is 7. The van der Waals surface area contributed by atoms with E-state index in [1.54, 1.807) is 18.2 Å². The Bertz CT molecular complexity index is 1260. The van der Waals surface area contributed by atoms with Gasteiger partial charge in [-0.25, -0.2) is 19.7 Å². The summed E-state index contributed by atoms with van der Waals surface area (Å²) in [6, 6.07) is 16.4. The van der Waals surface area contributed by atoms with Gasteiger partial charge < -0.3 is 16.2 Å². The standard InChI is InChI=1S/C23H21N5O2S/c1-13(2)18-9-8-17-21(27-18)25-12-26-22(17)28-19-11-14(23(29)30)3-10-20(19)31-16-6-4-15(24)5-7-16/h3-13H,24H2,1-2H3,(H,29,30)(H,25,26,27,28). The summed E-state index contributed by atoms with van der Waals surface area (Å²) < 4.78 is 0. The molecular formula is C23H21N5O2S. The molecule has 4 aromatic rings. The molecule has 4 N–H and O–H groups in total. The molecule has 0 saturated carbocycles. The number of nitrogen functional groups attached to an aromatic ring is 1. The number of anilines is 3. The van der Waals surface area contributed by atoms with E-state index < -0.39 is 5.97 Å². The first-order chi connectivity index (χ1) is 14.9. The number of fused-ring (bicyclic) bond motifs is 1. The molecular weight excluding hydrogens is 410 g/mol. The van der Waals surface area contributed by atoms with Crippen LogP contribution in [0.4, 0.5) is 17.2 Å². The van der Waals surface area contributed by atoms with Crippen LogP contribution in [0.15, 0.2) is 70.7 Å². The lowest BCUT2D eigenvalue weighted by atomic mass is 10.1. The van der Waals surface area contributed by atoms with Crippen LogP contribution in [0.5, 0.6) is 0 Å². The topological polar surface area (TPSA) is 114 Å². The van der Waals surface area contributed by atoms with Crippen molar-refractivity contribution in [3.63, 3.8) is 0 Å². The molecule has 0 aliphatic carbocycles. The minimum atomic E-state index is -0.997. The number of rotatable bonds is 6. The highest BCUT2D eigenvalue weighted by atomic mass is 32.2. The number of nitrogens with two attached hydrogens (primary N) is 1. The van der Waals surface area contributed by atoms with E-state index in [0.29, 0.717) is 22.8 Å². The van der Waals surface area contributed by atoms with E-state index in [9.17, 15) is 9.90 Å². The highest BCUT2D eigenvalue weighted by molar-refractivity contribution is 7.99. The van der Waals surface area contributed by atoms with Crippen molar-refractivity contribution < 1.29 is 9.90 Å². The molecule has 7 nitrogen and oxygen atoms in total. The molecule has 31 heavy (non-hydrogen) atoms. The lowest BCUT2D eigenvalue weighted by Gasteiger charge is -2.14. The Morgan fingerprint density at radius 2 is 1.84 bits per heavy atom. The average Bonchev–Trinajstić information content (AvgIpc) is 2.76. The number of carboxylic acid groups (broad SMARTS) is 1. The molecule has 0 unspecified atom stereocenters. The van der Waals surface area contributed by atoms with Gasteiger partial charge in [0.1, 0.15) is 12.1 Å². The predicted octanol–water partition coefficient (Wildman–Crippen LogP) is 5.32. The van der Waals surface area contributed by atoms with Gasteiger partial charge in [-0.3, -0.25) is 0 Å². The number of nitrogens with zero attached hydrogens (tertiary/aromatic N) is 3. The molecule has 2 aromatic carbocycles. The van der Waals surface area contributed by atoms with Crippen molar-refractivity contribution in [1.82, 2.24) is 15.0 Å². The molecule has 8 heteroatoms. The van der Waals surface area contributed by atoms with Gasteiger partial charge in [-0.15, -0.1) is 0 Å². The first-order valence-electron chi connectivity index (χ1n) is 9.70. The quantitative estimate of drug-likeness (QED) is 0.351. The Morgan fingerprint density at radius 3 is 2.55 bits per heavy atom. The summed E-state index contributed by atoms with van der Waals surface area (Å²) >= 11 is 1.50. The SMILES string of the molecule is CC(C)c1ccc2c(Nc3cc(C(=O)O)ccc3Sc3ccc(N)cc3)ncnc2n1. The van der Waals surface area contributed by atoms with Crippen molar-refractivity contribution >= 4 is 46.0 Å². The fourth-order valence-corrected chi connectivity index (χ4v) is 3.90. The maximum absolute atomic E-state index is 11.5. The zero-order chi connectivity index (χ0) is 22.0. The number of aromatic carboxylic acids is 1. The summed E-state index contributed by atoms with van der Waals surface area (Å²) in [5.41, 5.74) is 8.82. The Morgan fingerprint density at radius 1 is 1.06 bits per heavy atom. The van der Waals surface area contributed by atoms with Crippen LogP contribution in [-0.4, -0.2) is 26.0 Å². The third-order valence-electron chi connectivity index (χ3n) is 4.70. The maximum Gasteiger partial charge on any atom is 0.335 e. The van der Waals surface area contributed by atoms with Crippen molar-refractivity contribution in [2.75, 3.05) is 11.1 Å².